The van der Waals surface area contributed by atoms with Crippen LogP contribution in [0.5, 0.6) is 0 Å². The minimum atomic E-state index is 0.570. The molecular weight excluding hydrogens is 202 g/mol. The lowest BCUT2D eigenvalue weighted by Crippen LogP contribution is -2.38. The van der Waals surface area contributed by atoms with Crippen LogP contribution in [0.3, 0.4) is 0 Å². The van der Waals surface area contributed by atoms with Gasteiger partial charge in [-0.15, -0.1) is 11.3 Å². The first-order valence-electron chi connectivity index (χ1n) is 5.80. The van der Waals surface area contributed by atoms with Crippen molar-refractivity contribution in [2.45, 2.75) is 53.1 Å². The highest BCUT2D eigenvalue weighted by Gasteiger charge is 2.11. The van der Waals surface area contributed by atoms with E-state index >= 15 is 0 Å². The van der Waals surface area contributed by atoms with Crippen LogP contribution in [0, 0.1) is 12.8 Å². The van der Waals surface area contributed by atoms with Crippen molar-refractivity contribution in [2.24, 2.45) is 5.92 Å². The summed E-state index contributed by atoms with van der Waals surface area (Å²) in [5.74, 6) is 0.706. The van der Waals surface area contributed by atoms with Crippen LogP contribution in [0.2, 0.25) is 0 Å². The van der Waals surface area contributed by atoms with Gasteiger partial charge in [-0.1, -0.05) is 13.8 Å². The van der Waals surface area contributed by atoms with Gasteiger partial charge in [0.05, 0.1) is 0 Å². The molecule has 0 spiro atoms. The third-order valence-electron chi connectivity index (χ3n) is 2.85. The predicted molar refractivity (Wildman–Crippen MR) is 69.7 cm³/mol. The molecule has 0 radical (unpaired) electrons. The van der Waals surface area contributed by atoms with Gasteiger partial charge >= 0.3 is 0 Å². The molecule has 0 aliphatic rings. The fourth-order valence-corrected chi connectivity index (χ4v) is 2.62. The lowest BCUT2D eigenvalue weighted by molar-refractivity contribution is 0.383. The highest BCUT2D eigenvalue weighted by molar-refractivity contribution is 7.11. The highest BCUT2D eigenvalue weighted by Crippen LogP contribution is 2.17. The monoisotopic (exact) mass is 225 g/mol. The van der Waals surface area contributed by atoms with Crippen LogP contribution in [0.4, 0.5) is 0 Å². The molecular formula is C13H23NS. The van der Waals surface area contributed by atoms with Crippen molar-refractivity contribution in [1.29, 1.82) is 0 Å². The minimum Gasteiger partial charge on any atom is -0.311 e. The first kappa shape index (κ1) is 12.7. The van der Waals surface area contributed by atoms with E-state index < -0.39 is 0 Å². The molecule has 0 saturated heterocycles. The van der Waals surface area contributed by atoms with Gasteiger partial charge in [0, 0.05) is 21.8 Å². The average Bonchev–Trinajstić information content (AvgIpc) is 2.50. The molecule has 0 fully saturated rings. The lowest BCUT2D eigenvalue weighted by Gasteiger charge is -2.22. The summed E-state index contributed by atoms with van der Waals surface area (Å²) in [6, 6.07) is 5.62. The molecule has 1 aromatic heterocycles. The predicted octanol–water partition coefficient (Wildman–Crippen LogP) is 3.62. The molecule has 1 aromatic rings. The van der Waals surface area contributed by atoms with Gasteiger partial charge in [-0.25, -0.2) is 0 Å². The summed E-state index contributed by atoms with van der Waals surface area (Å²) in [7, 11) is 0. The van der Waals surface area contributed by atoms with Crippen LogP contribution in [0.1, 0.15) is 37.4 Å². The Balaban J connectivity index is 2.39. The molecule has 1 N–H and O–H groups in total. The Hall–Kier alpha value is -0.340. The van der Waals surface area contributed by atoms with E-state index in [0.717, 1.165) is 6.42 Å². The van der Waals surface area contributed by atoms with Crippen molar-refractivity contribution < 1.29 is 0 Å². The van der Waals surface area contributed by atoms with Crippen LogP contribution in [-0.2, 0) is 6.42 Å². The van der Waals surface area contributed by atoms with Gasteiger partial charge in [-0.2, -0.15) is 0 Å². The maximum atomic E-state index is 3.64. The standard InChI is InChI=1S/C13H23NS/c1-9(2)12(5)14-10(3)8-13-7-6-11(4)15-13/h6-7,9-10,12,14H,8H2,1-5H3. The Kier molecular flexibility index (Phi) is 4.81. The van der Waals surface area contributed by atoms with Gasteiger partial charge < -0.3 is 5.32 Å². The first-order valence-corrected chi connectivity index (χ1v) is 6.62. The second kappa shape index (κ2) is 5.66. The summed E-state index contributed by atoms with van der Waals surface area (Å²) in [4.78, 5) is 2.90. The van der Waals surface area contributed by atoms with Crippen molar-refractivity contribution in [3.63, 3.8) is 0 Å². The van der Waals surface area contributed by atoms with Crippen molar-refractivity contribution in [1.82, 2.24) is 5.32 Å². The zero-order chi connectivity index (χ0) is 11.4. The third kappa shape index (κ3) is 4.35. The Bertz CT molecular complexity index is 290. The SMILES string of the molecule is Cc1ccc(CC(C)NC(C)C(C)C)s1. The summed E-state index contributed by atoms with van der Waals surface area (Å²) in [5.41, 5.74) is 0. The first-order chi connectivity index (χ1) is 6.99. The van der Waals surface area contributed by atoms with Crippen LogP contribution in [-0.4, -0.2) is 12.1 Å². The summed E-state index contributed by atoms with van der Waals surface area (Å²) >= 11 is 1.91. The highest BCUT2D eigenvalue weighted by atomic mass is 32.1. The number of hydrogen-bond acceptors (Lipinski definition) is 2. The fourth-order valence-electron chi connectivity index (χ4n) is 1.60. The Morgan fingerprint density at radius 2 is 1.87 bits per heavy atom. The third-order valence-corrected chi connectivity index (χ3v) is 3.87. The summed E-state index contributed by atoms with van der Waals surface area (Å²) in [5, 5.41) is 3.64. The normalized spacial score (nSPS) is 15.6. The Labute approximate surface area is 97.9 Å². The number of rotatable bonds is 5. The van der Waals surface area contributed by atoms with E-state index in [0.29, 0.717) is 18.0 Å². The van der Waals surface area contributed by atoms with Crippen molar-refractivity contribution in [3.05, 3.63) is 21.9 Å². The molecule has 1 nitrogen and oxygen atoms in total. The smallest absolute Gasteiger partial charge is 0.00896 e. The molecule has 0 bridgehead atoms. The molecule has 0 saturated carbocycles. The van der Waals surface area contributed by atoms with E-state index in [1.165, 1.54) is 9.75 Å². The molecule has 86 valence electrons. The number of nitrogens with one attached hydrogen (secondary N) is 1. The van der Waals surface area contributed by atoms with Gasteiger partial charge in [0.2, 0.25) is 0 Å². The zero-order valence-corrected chi connectivity index (χ0v) is 11.3. The van der Waals surface area contributed by atoms with E-state index in [-0.39, 0.29) is 0 Å². The number of hydrogen-bond donors (Lipinski definition) is 1. The quantitative estimate of drug-likeness (QED) is 0.807. The fraction of sp³-hybridized carbons (Fsp3) is 0.692. The maximum Gasteiger partial charge on any atom is 0.00896 e. The molecule has 2 unspecified atom stereocenters. The molecule has 0 aliphatic carbocycles. The number of aryl methyl sites for hydroxylation is 1. The van der Waals surface area contributed by atoms with Crippen LogP contribution >= 0.6 is 11.3 Å². The summed E-state index contributed by atoms with van der Waals surface area (Å²) < 4.78 is 0. The van der Waals surface area contributed by atoms with Gasteiger partial charge in [0.15, 0.2) is 0 Å². The topological polar surface area (TPSA) is 12.0 Å². The van der Waals surface area contributed by atoms with Gasteiger partial charge in [0.25, 0.3) is 0 Å². The van der Waals surface area contributed by atoms with E-state index in [4.69, 9.17) is 0 Å². The molecule has 15 heavy (non-hydrogen) atoms. The van der Waals surface area contributed by atoms with E-state index in [1.54, 1.807) is 0 Å². The molecule has 2 atom stereocenters. The summed E-state index contributed by atoms with van der Waals surface area (Å²) in [6.45, 7) is 11.2. The molecule has 2 heteroatoms. The molecule has 0 aliphatic heterocycles. The Morgan fingerprint density at radius 1 is 1.20 bits per heavy atom. The Morgan fingerprint density at radius 3 is 2.33 bits per heavy atom. The zero-order valence-electron chi connectivity index (χ0n) is 10.5. The van der Waals surface area contributed by atoms with Gasteiger partial charge in [0.1, 0.15) is 0 Å². The van der Waals surface area contributed by atoms with Crippen LogP contribution < -0.4 is 5.32 Å². The molecule has 0 aromatic carbocycles. The van der Waals surface area contributed by atoms with Crippen molar-refractivity contribution in [2.75, 3.05) is 0 Å². The second-order valence-corrected chi connectivity index (χ2v) is 6.19. The minimum absolute atomic E-state index is 0.570. The van der Waals surface area contributed by atoms with Crippen molar-refractivity contribution >= 4 is 11.3 Å². The van der Waals surface area contributed by atoms with E-state index in [9.17, 15) is 0 Å². The van der Waals surface area contributed by atoms with E-state index in [1.807, 2.05) is 11.3 Å². The van der Waals surface area contributed by atoms with Crippen LogP contribution in [0.25, 0.3) is 0 Å². The van der Waals surface area contributed by atoms with Gasteiger partial charge in [-0.3, -0.25) is 0 Å². The van der Waals surface area contributed by atoms with Crippen LogP contribution in [0.15, 0.2) is 12.1 Å². The van der Waals surface area contributed by atoms with E-state index in [2.05, 4.69) is 52.1 Å². The largest absolute Gasteiger partial charge is 0.311 e. The molecule has 0 amide bonds. The molecule has 1 heterocycles. The second-order valence-electron chi connectivity index (χ2n) is 4.82. The lowest BCUT2D eigenvalue weighted by atomic mass is 10.0. The summed E-state index contributed by atoms with van der Waals surface area (Å²) in [6.07, 6.45) is 1.15. The number of thiophene rings is 1. The average molecular weight is 225 g/mol. The molecule has 1 rings (SSSR count). The van der Waals surface area contributed by atoms with Crippen molar-refractivity contribution in [3.8, 4) is 0 Å². The van der Waals surface area contributed by atoms with Gasteiger partial charge in [-0.05, 0) is 45.2 Å². The maximum absolute atomic E-state index is 3.64.